The van der Waals surface area contributed by atoms with Crippen LogP contribution in [0.25, 0.3) is 0 Å². The first-order chi connectivity index (χ1) is 8.78. The summed E-state index contributed by atoms with van der Waals surface area (Å²) in [6, 6.07) is 2.04. The normalized spacial score (nSPS) is 19.1. The number of anilines is 1. The van der Waals surface area contributed by atoms with Crippen molar-refractivity contribution in [3.8, 4) is 0 Å². The highest BCUT2D eigenvalue weighted by Gasteiger charge is 2.16. The van der Waals surface area contributed by atoms with E-state index in [-0.39, 0.29) is 0 Å². The fraction of sp³-hybridized carbons (Fsp3) is 0.692. The molecule has 0 bridgehead atoms. The third-order valence-corrected chi connectivity index (χ3v) is 3.85. The molecule has 1 aliphatic heterocycles. The minimum Gasteiger partial charge on any atom is -0.377 e. The van der Waals surface area contributed by atoms with Gasteiger partial charge in [-0.25, -0.2) is 9.97 Å². The summed E-state index contributed by atoms with van der Waals surface area (Å²) in [7, 11) is 0. The highest BCUT2D eigenvalue weighted by molar-refractivity contribution is 7.99. The molecule has 4 nitrogen and oxygen atoms in total. The second-order valence-corrected chi connectivity index (χ2v) is 5.58. The third-order valence-electron chi connectivity index (χ3n) is 2.80. The van der Waals surface area contributed by atoms with Gasteiger partial charge in [0, 0.05) is 24.6 Å². The summed E-state index contributed by atoms with van der Waals surface area (Å²) in [5.74, 6) is 1.73. The van der Waals surface area contributed by atoms with E-state index >= 15 is 0 Å². The highest BCUT2D eigenvalue weighted by atomic mass is 32.2. The van der Waals surface area contributed by atoms with Crippen LogP contribution in [0.5, 0.6) is 0 Å². The zero-order chi connectivity index (χ0) is 12.8. The predicted molar refractivity (Wildman–Crippen MR) is 75.2 cm³/mol. The van der Waals surface area contributed by atoms with Gasteiger partial charge in [0.05, 0.1) is 6.10 Å². The maximum absolute atomic E-state index is 5.62. The van der Waals surface area contributed by atoms with Crippen LogP contribution in [0, 0.1) is 6.92 Å². The Morgan fingerprint density at radius 1 is 1.50 bits per heavy atom. The number of nitrogens with zero attached hydrogens (tertiary/aromatic N) is 2. The first-order valence-corrected chi connectivity index (χ1v) is 7.60. The Morgan fingerprint density at radius 3 is 3.11 bits per heavy atom. The average Bonchev–Trinajstić information content (AvgIpc) is 2.86. The number of thioether (sulfide) groups is 1. The molecule has 1 atom stereocenters. The van der Waals surface area contributed by atoms with Crippen LogP contribution >= 0.6 is 11.8 Å². The molecule has 0 radical (unpaired) electrons. The molecule has 0 aromatic carbocycles. The standard InChI is InChI=1S/C13H21N3OS/c1-3-6-14-13-15-10(2)8-12(16-13)18-9-11-5-4-7-17-11/h8,11H,3-7,9H2,1-2H3,(H,14,15,16). The van der Waals surface area contributed by atoms with Gasteiger partial charge in [-0.1, -0.05) is 6.92 Å². The van der Waals surface area contributed by atoms with Crippen LogP contribution in [-0.4, -0.2) is 35.0 Å². The van der Waals surface area contributed by atoms with Crippen molar-refractivity contribution in [1.82, 2.24) is 9.97 Å². The number of rotatable bonds is 6. The maximum atomic E-state index is 5.62. The van der Waals surface area contributed by atoms with Crippen LogP contribution in [0.2, 0.25) is 0 Å². The lowest BCUT2D eigenvalue weighted by Gasteiger charge is -2.10. The molecule has 100 valence electrons. The largest absolute Gasteiger partial charge is 0.377 e. The molecule has 2 rings (SSSR count). The Bertz CT molecular complexity index is 380. The predicted octanol–water partition coefficient (Wildman–Crippen LogP) is 2.88. The van der Waals surface area contributed by atoms with E-state index in [1.165, 1.54) is 12.8 Å². The summed E-state index contributed by atoms with van der Waals surface area (Å²) in [4.78, 5) is 8.90. The second kappa shape index (κ2) is 6.95. The van der Waals surface area contributed by atoms with Gasteiger partial charge in [0.15, 0.2) is 0 Å². The monoisotopic (exact) mass is 267 g/mol. The van der Waals surface area contributed by atoms with E-state index in [1.807, 2.05) is 13.0 Å². The van der Waals surface area contributed by atoms with E-state index < -0.39 is 0 Å². The lowest BCUT2D eigenvalue weighted by molar-refractivity contribution is 0.129. The van der Waals surface area contributed by atoms with Crippen molar-refractivity contribution in [2.24, 2.45) is 0 Å². The van der Waals surface area contributed by atoms with Crippen molar-refractivity contribution in [1.29, 1.82) is 0 Å². The van der Waals surface area contributed by atoms with Crippen LogP contribution in [0.1, 0.15) is 31.9 Å². The van der Waals surface area contributed by atoms with Crippen molar-refractivity contribution in [2.45, 2.75) is 44.2 Å². The number of hydrogen-bond acceptors (Lipinski definition) is 5. The van der Waals surface area contributed by atoms with Crippen molar-refractivity contribution in [2.75, 3.05) is 24.2 Å². The summed E-state index contributed by atoms with van der Waals surface area (Å²) >= 11 is 1.76. The highest BCUT2D eigenvalue weighted by Crippen LogP contribution is 2.23. The Balaban J connectivity index is 1.91. The van der Waals surface area contributed by atoms with E-state index in [0.29, 0.717) is 6.10 Å². The van der Waals surface area contributed by atoms with Crippen molar-refractivity contribution < 1.29 is 4.74 Å². The molecule has 0 saturated carbocycles. The molecule has 1 fully saturated rings. The molecule has 1 N–H and O–H groups in total. The SMILES string of the molecule is CCCNc1nc(C)cc(SCC2CCCO2)n1. The van der Waals surface area contributed by atoms with Crippen LogP contribution < -0.4 is 5.32 Å². The molecule has 0 spiro atoms. The molecule has 1 saturated heterocycles. The molecule has 2 heterocycles. The summed E-state index contributed by atoms with van der Waals surface area (Å²) < 4.78 is 5.62. The average molecular weight is 267 g/mol. The van der Waals surface area contributed by atoms with Crippen molar-refractivity contribution in [3.63, 3.8) is 0 Å². The molecule has 0 amide bonds. The van der Waals surface area contributed by atoms with Gasteiger partial charge in [0.25, 0.3) is 0 Å². The zero-order valence-corrected chi connectivity index (χ0v) is 11.9. The molecular formula is C13H21N3OS. The molecule has 1 aromatic rings. The lowest BCUT2D eigenvalue weighted by Crippen LogP contribution is -2.09. The van der Waals surface area contributed by atoms with Crippen LogP contribution in [0.3, 0.4) is 0 Å². The molecule has 0 aliphatic carbocycles. The maximum Gasteiger partial charge on any atom is 0.223 e. The molecule has 1 aromatic heterocycles. The van der Waals surface area contributed by atoms with Gasteiger partial charge in [-0.2, -0.15) is 0 Å². The summed E-state index contributed by atoms with van der Waals surface area (Å²) in [5.41, 5.74) is 1.01. The van der Waals surface area contributed by atoms with E-state index in [1.54, 1.807) is 11.8 Å². The van der Waals surface area contributed by atoms with Crippen LogP contribution in [0.15, 0.2) is 11.1 Å². The quantitative estimate of drug-likeness (QED) is 0.634. The first kappa shape index (κ1) is 13.6. The van der Waals surface area contributed by atoms with Crippen LogP contribution in [-0.2, 0) is 4.74 Å². The fourth-order valence-electron chi connectivity index (χ4n) is 1.88. The number of hydrogen-bond donors (Lipinski definition) is 1. The molecule has 1 aliphatic rings. The van der Waals surface area contributed by atoms with Gasteiger partial charge in [0.1, 0.15) is 5.03 Å². The van der Waals surface area contributed by atoms with Gasteiger partial charge in [-0.05, 0) is 32.3 Å². The van der Waals surface area contributed by atoms with E-state index in [9.17, 15) is 0 Å². The van der Waals surface area contributed by atoms with Gasteiger partial charge in [-0.3, -0.25) is 0 Å². The van der Waals surface area contributed by atoms with Crippen molar-refractivity contribution >= 4 is 17.7 Å². The molecule has 1 unspecified atom stereocenters. The molecule has 5 heteroatoms. The van der Waals surface area contributed by atoms with Gasteiger partial charge in [0.2, 0.25) is 5.95 Å². The van der Waals surface area contributed by atoms with E-state index in [2.05, 4.69) is 22.2 Å². The Morgan fingerprint density at radius 2 is 2.39 bits per heavy atom. The summed E-state index contributed by atoms with van der Waals surface area (Å²) in [5, 5.41) is 4.28. The minimum absolute atomic E-state index is 0.400. The number of nitrogens with one attached hydrogen (secondary N) is 1. The van der Waals surface area contributed by atoms with Gasteiger partial charge in [-0.15, -0.1) is 11.8 Å². The molecule has 18 heavy (non-hydrogen) atoms. The minimum atomic E-state index is 0.400. The van der Waals surface area contributed by atoms with Crippen LogP contribution in [0.4, 0.5) is 5.95 Å². The number of ether oxygens (including phenoxy) is 1. The second-order valence-electron chi connectivity index (χ2n) is 4.54. The smallest absolute Gasteiger partial charge is 0.223 e. The Labute approximate surface area is 113 Å². The summed E-state index contributed by atoms with van der Waals surface area (Å²) in [6.07, 6.45) is 3.85. The summed E-state index contributed by atoms with van der Waals surface area (Å²) in [6.45, 7) is 5.97. The fourth-order valence-corrected chi connectivity index (χ4v) is 2.91. The number of aromatic nitrogens is 2. The zero-order valence-electron chi connectivity index (χ0n) is 11.1. The first-order valence-electron chi connectivity index (χ1n) is 6.62. The number of aryl methyl sites for hydroxylation is 1. The lowest BCUT2D eigenvalue weighted by atomic mass is 10.3. The third kappa shape index (κ3) is 4.14. The van der Waals surface area contributed by atoms with E-state index in [4.69, 9.17) is 4.74 Å². The van der Waals surface area contributed by atoms with E-state index in [0.717, 1.165) is 42.0 Å². The topological polar surface area (TPSA) is 47.0 Å². The van der Waals surface area contributed by atoms with Gasteiger partial charge < -0.3 is 10.1 Å². The van der Waals surface area contributed by atoms with Crippen molar-refractivity contribution in [3.05, 3.63) is 11.8 Å². The Kier molecular flexibility index (Phi) is 5.26. The van der Waals surface area contributed by atoms with Gasteiger partial charge >= 0.3 is 0 Å². The Hall–Kier alpha value is -0.810. The molecular weight excluding hydrogens is 246 g/mol.